The molecule has 0 aliphatic heterocycles. The highest BCUT2D eigenvalue weighted by molar-refractivity contribution is 6.84. The molecular weight excluding hydrogens is 837 g/mol. The van der Waals surface area contributed by atoms with Crippen molar-refractivity contribution < 1.29 is 56.4 Å². The number of benzene rings is 1. The molecule has 0 atom stereocenters. The van der Waals surface area contributed by atoms with Gasteiger partial charge in [-0.2, -0.15) is 0 Å². The van der Waals surface area contributed by atoms with Crippen LogP contribution in [0.3, 0.4) is 0 Å². The van der Waals surface area contributed by atoms with Crippen LogP contribution in [0.5, 0.6) is 0 Å². The number of carbonyl (C=O) groups excluding carboxylic acids is 4. The number of rotatable bonds is 15. The first-order valence-corrected chi connectivity index (χ1v) is 27.8. The van der Waals surface area contributed by atoms with Gasteiger partial charge < -0.3 is 18.9 Å². The number of halogens is 4. The van der Waals surface area contributed by atoms with Crippen LogP contribution in [-0.4, -0.2) is 66.5 Å². The van der Waals surface area contributed by atoms with Crippen molar-refractivity contribution in [1.82, 2.24) is 0 Å². The minimum absolute atomic E-state index is 0.130. The molecule has 1 aromatic rings. The van der Waals surface area contributed by atoms with E-state index in [4.69, 9.17) is 50.1 Å². The average Bonchev–Trinajstić information content (AvgIpc) is 3.62. The van der Waals surface area contributed by atoms with E-state index in [1.54, 1.807) is 27.7 Å². The van der Waals surface area contributed by atoms with Crippen molar-refractivity contribution in [3.8, 4) is 59.5 Å². The Labute approximate surface area is 371 Å². The van der Waals surface area contributed by atoms with Crippen LogP contribution in [0, 0.1) is 70.3 Å². The fourth-order valence-electron chi connectivity index (χ4n) is 5.55. The zero-order valence-corrected chi connectivity index (χ0v) is 41.0. The Morgan fingerprint density at radius 1 is 0.661 bits per heavy atom. The van der Waals surface area contributed by atoms with Gasteiger partial charge in [0.05, 0.1) is 26.4 Å². The monoisotopic (exact) mass is 904 g/mol. The normalized spacial score (nSPS) is 11.5. The number of esters is 4. The molecule has 0 aromatic heterocycles. The van der Waals surface area contributed by atoms with E-state index in [1.807, 2.05) is 0 Å². The van der Waals surface area contributed by atoms with E-state index < -0.39 is 50.9 Å². The second-order valence-electron chi connectivity index (χ2n) is 15.9. The third-order valence-electron chi connectivity index (χ3n) is 8.50. The molecule has 0 saturated heterocycles. The van der Waals surface area contributed by atoms with Crippen molar-refractivity contribution in [3.05, 3.63) is 34.4 Å². The van der Waals surface area contributed by atoms with Crippen LogP contribution in [0.4, 0.5) is 18.3 Å². The minimum atomic E-state index is -1.57. The van der Waals surface area contributed by atoms with E-state index in [0.29, 0.717) is 12.8 Å². The van der Waals surface area contributed by atoms with Gasteiger partial charge in [0.1, 0.15) is 16.1 Å². The van der Waals surface area contributed by atoms with Crippen LogP contribution < -0.4 is 0 Å². The van der Waals surface area contributed by atoms with Gasteiger partial charge >= 0.3 is 23.9 Å². The summed E-state index contributed by atoms with van der Waals surface area (Å²) < 4.78 is 52.3. The van der Waals surface area contributed by atoms with E-state index in [0.717, 1.165) is 42.4 Å². The van der Waals surface area contributed by atoms with Crippen LogP contribution in [0.2, 0.25) is 39.3 Å². The fourth-order valence-corrected chi connectivity index (χ4v) is 6.50. The molecule has 2 rings (SSSR count). The van der Waals surface area contributed by atoms with E-state index in [1.165, 1.54) is 18.4 Å². The molecule has 0 amide bonds. The highest BCUT2D eigenvalue weighted by Crippen LogP contribution is 2.41. The van der Waals surface area contributed by atoms with Crippen molar-refractivity contribution in [2.45, 2.75) is 145 Å². The van der Waals surface area contributed by atoms with Gasteiger partial charge in [0.15, 0.2) is 10.8 Å². The maximum absolute atomic E-state index is 12.8. The summed E-state index contributed by atoms with van der Waals surface area (Å²) in [4.78, 5) is 49.3. The molecular formula is C48H68F4O8Si2. The molecule has 62 heavy (non-hydrogen) atoms. The number of hydrogen-bond acceptors (Lipinski definition) is 8. The first-order valence-electron chi connectivity index (χ1n) is 20.8. The molecule has 1 aromatic carbocycles. The minimum Gasteiger partial charge on any atom is -0.465 e. The average molecular weight is 905 g/mol. The topological polar surface area (TPSA) is 105 Å². The molecule has 0 N–H and O–H groups in total. The Morgan fingerprint density at radius 2 is 1.10 bits per heavy atom. The van der Waals surface area contributed by atoms with Crippen LogP contribution in [0.1, 0.15) is 109 Å². The van der Waals surface area contributed by atoms with Gasteiger partial charge in [-0.3, -0.25) is 19.2 Å². The van der Waals surface area contributed by atoms with Gasteiger partial charge in [0.25, 0.3) is 0 Å². The lowest BCUT2D eigenvalue weighted by molar-refractivity contribution is -0.173. The maximum Gasteiger partial charge on any atom is 0.325 e. The third kappa shape index (κ3) is 22.8. The smallest absolute Gasteiger partial charge is 0.325 e. The molecule has 0 bridgehead atoms. The van der Waals surface area contributed by atoms with Crippen molar-refractivity contribution in [2.75, 3.05) is 26.4 Å². The van der Waals surface area contributed by atoms with Gasteiger partial charge in [-0.15, -0.1) is 35.8 Å². The van der Waals surface area contributed by atoms with Gasteiger partial charge in [-0.1, -0.05) is 83.9 Å². The Kier molecular flexibility index (Phi) is 33.3. The van der Waals surface area contributed by atoms with Crippen molar-refractivity contribution in [2.24, 2.45) is 10.8 Å². The second-order valence-corrected chi connectivity index (χ2v) is 25.4. The number of ether oxygens (including phenoxy) is 4. The maximum atomic E-state index is 12.8. The second kappa shape index (κ2) is 33.7. The molecule has 0 unspecified atom stereocenters. The van der Waals surface area contributed by atoms with E-state index >= 15 is 0 Å². The standard InChI is InChI=1S/C24H34O4Si.C13H16O4.C11H18Si.2F2/c1-7-10-11-18-14-20-16-24(22(25)27-8-2,23(26)28-9-3)17-21(20)15-19(18)12-13-29(4,5)6;1-5-9-13(10-6-2,11(14)16-7-3)12(15)17-8-4;1-5-6-7-8-9-10-11-12(2,3)4;2*1-2/h14-15H,7-11,16-17H2,1-6H3;1-2H,7-10H2,3-4H3;5-7H2,1-4H3;;. The highest BCUT2D eigenvalue weighted by atomic mass is 28.3. The number of unbranched alkanes of at least 4 members (excludes halogenated alkanes) is 3. The summed E-state index contributed by atoms with van der Waals surface area (Å²) in [5.41, 5.74) is 8.10. The molecule has 14 heteroatoms. The lowest BCUT2D eigenvalue weighted by Crippen LogP contribution is -2.43. The van der Waals surface area contributed by atoms with E-state index in [-0.39, 0.29) is 39.3 Å². The predicted molar refractivity (Wildman–Crippen MR) is 244 cm³/mol. The number of carbonyl (C=O) groups is 4. The van der Waals surface area contributed by atoms with Crippen molar-refractivity contribution in [3.63, 3.8) is 0 Å². The number of aryl methyl sites for hydroxylation is 1. The van der Waals surface area contributed by atoms with Crippen LogP contribution >= 0.6 is 0 Å². The lowest BCUT2D eigenvalue weighted by atomic mass is 9.81. The largest absolute Gasteiger partial charge is 0.465 e. The molecule has 344 valence electrons. The van der Waals surface area contributed by atoms with Crippen molar-refractivity contribution in [1.29, 1.82) is 0 Å². The van der Waals surface area contributed by atoms with Gasteiger partial charge in [0, 0.05) is 43.1 Å². The summed E-state index contributed by atoms with van der Waals surface area (Å²) in [5.74, 6) is 14.4. The molecule has 0 radical (unpaired) electrons. The molecule has 8 nitrogen and oxygen atoms in total. The number of fused-ring (bicyclic) bond motifs is 1. The summed E-state index contributed by atoms with van der Waals surface area (Å²) in [6.45, 7) is 25.3. The number of hydrogen-bond donors (Lipinski definition) is 0. The Morgan fingerprint density at radius 3 is 1.48 bits per heavy atom. The van der Waals surface area contributed by atoms with Gasteiger partial charge in [0.2, 0.25) is 0 Å². The van der Waals surface area contributed by atoms with E-state index in [2.05, 4.69) is 112 Å². The van der Waals surface area contributed by atoms with Crippen LogP contribution in [-0.2, 0) is 57.4 Å². The SMILES string of the molecule is C#CCC(CC#C)(C(=O)OCC)C(=O)OCC.CCCCC#CC#C[Si](C)(C)C.CCCCc1cc2c(cc1C#C[Si](C)(C)C)CC(C(=O)OCC)(C(=O)OCC)C2.FF.FF. The molecule has 0 fully saturated rings. The molecule has 0 spiro atoms. The zero-order valence-electron chi connectivity index (χ0n) is 39.0. The summed E-state index contributed by atoms with van der Waals surface area (Å²) in [7, 11) is -2.70. The quantitative estimate of drug-likeness (QED) is 0.0326. The Bertz CT molecular complexity index is 1770. The molecule has 0 saturated carbocycles. The first kappa shape index (κ1) is 61.4. The lowest BCUT2D eigenvalue weighted by Gasteiger charge is -2.25. The number of terminal acetylenes is 2. The van der Waals surface area contributed by atoms with Crippen LogP contribution in [0.15, 0.2) is 12.1 Å². The van der Waals surface area contributed by atoms with Crippen molar-refractivity contribution >= 4 is 40.0 Å². The fraction of sp³-hybridized carbons (Fsp3) is 0.583. The third-order valence-corrected chi connectivity index (χ3v) is 10.2. The Hall–Kier alpha value is -4.95. The highest BCUT2D eigenvalue weighted by Gasteiger charge is 2.53. The summed E-state index contributed by atoms with van der Waals surface area (Å²) in [5, 5.41) is 0. The molecule has 1 aliphatic carbocycles. The Balaban J connectivity index is -0.000000896. The molecule has 1 aliphatic rings. The van der Waals surface area contributed by atoms with Crippen LogP contribution in [0.25, 0.3) is 0 Å². The van der Waals surface area contributed by atoms with Gasteiger partial charge in [-0.05, 0) is 94.4 Å². The first-order chi connectivity index (χ1) is 29.3. The summed E-state index contributed by atoms with van der Waals surface area (Å²) >= 11 is 0. The summed E-state index contributed by atoms with van der Waals surface area (Å²) in [6, 6.07) is 4.24. The van der Waals surface area contributed by atoms with Gasteiger partial charge in [-0.25, -0.2) is 0 Å². The van der Waals surface area contributed by atoms with E-state index in [9.17, 15) is 19.2 Å². The zero-order chi connectivity index (χ0) is 48.4. The molecule has 0 heterocycles. The summed E-state index contributed by atoms with van der Waals surface area (Å²) in [6.07, 6.45) is 17.3. The predicted octanol–water partition coefficient (Wildman–Crippen LogP) is 10.4.